The average Bonchev–Trinajstić information content (AvgIpc) is 3.07. The fourth-order valence-corrected chi connectivity index (χ4v) is 8.71. The lowest BCUT2D eigenvalue weighted by molar-refractivity contribution is -0.149. The summed E-state index contributed by atoms with van der Waals surface area (Å²) in [4.78, 5) is 30.7. The van der Waals surface area contributed by atoms with Gasteiger partial charge < -0.3 is 19.3 Å². The molecule has 2 aliphatic heterocycles. The largest absolute Gasteiger partial charge is 0.487 e. The first-order chi connectivity index (χ1) is 23.7. The lowest BCUT2D eigenvalue weighted by atomic mass is 9.70. The molecule has 1 fully saturated rings. The van der Waals surface area contributed by atoms with Crippen molar-refractivity contribution in [3.63, 3.8) is 0 Å². The van der Waals surface area contributed by atoms with E-state index in [1.807, 2.05) is 31.2 Å². The molecule has 5 rings (SSSR count). The lowest BCUT2D eigenvalue weighted by Crippen LogP contribution is -2.47. The number of rotatable bonds is 5. The quantitative estimate of drug-likeness (QED) is 0.330. The number of benzene rings is 2. The lowest BCUT2D eigenvalue weighted by Gasteiger charge is -2.44. The Labute approximate surface area is 303 Å². The van der Waals surface area contributed by atoms with Gasteiger partial charge in [-0.2, -0.15) is 0 Å². The molecule has 0 spiro atoms. The fourth-order valence-electron chi connectivity index (χ4n) is 7.23. The van der Waals surface area contributed by atoms with Gasteiger partial charge in [-0.05, 0) is 117 Å². The zero-order chi connectivity index (χ0) is 36.2. The summed E-state index contributed by atoms with van der Waals surface area (Å²) in [5, 5.41) is -0.124. The number of likely N-dealkylation sites (N-methyl/N-ethyl adjacent to an activating group) is 1. The van der Waals surface area contributed by atoms with Crippen LogP contribution in [0.2, 0.25) is 5.02 Å². The summed E-state index contributed by atoms with van der Waals surface area (Å²) < 4.78 is 42.5. The monoisotopic (exact) mass is 727 g/mol. The standard InChI is InChI=1S/C39H54ClN3O6S/c1-25(2)20-37(39(45)42(5)6)49-35-12-9-10-26(3)27(4)50(46,47)41-38(44)29-15-18-36-34(22-29)43(23-30-14-17-33(30)35)19-8-7-11-28-21-32(40)16-13-31(28)24-48-36/h9,12-13,15-16,18,21-22,25-27,30,33,35,37H,7-8,10-11,14,17,19-20,23-24H2,1-6H3,(H,41,44)/b12-9+/t26-,27+,30-,33+,35-,37+/m0/s1. The van der Waals surface area contributed by atoms with Gasteiger partial charge in [0.2, 0.25) is 10.0 Å². The number of carbonyl (C=O) groups excluding carboxylic acids is 2. The summed E-state index contributed by atoms with van der Waals surface area (Å²) in [6.07, 6.45) is 8.95. The van der Waals surface area contributed by atoms with Crippen LogP contribution in [0.4, 0.5) is 5.69 Å². The van der Waals surface area contributed by atoms with Crippen molar-refractivity contribution in [2.24, 2.45) is 23.7 Å². The van der Waals surface area contributed by atoms with Crippen LogP contribution in [0.3, 0.4) is 0 Å². The summed E-state index contributed by atoms with van der Waals surface area (Å²) in [7, 11) is -0.457. The number of hydrogen-bond donors (Lipinski definition) is 1. The smallest absolute Gasteiger partial charge is 0.264 e. The van der Waals surface area contributed by atoms with Gasteiger partial charge in [-0.25, -0.2) is 13.1 Å². The normalized spacial score (nSPS) is 26.9. The maximum absolute atomic E-state index is 13.5. The molecule has 1 saturated carbocycles. The second-order valence-electron chi connectivity index (χ2n) is 15.1. The molecule has 3 aliphatic rings. The van der Waals surface area contributed by atoms with Crippen molar-refractivity contribution < 1.29 is 27.5 Å². The molecule has 0 saturated heterocycles. The van der Waals surface area contributed by atoms with Crippen molar-refractivity contribution in [1.29, 1.82) is 0 Å². The minimum atomic E-state index is -3.98. The Balaban J connectivity index is 1.55. The Morgan fingerprint density at radius 3 is 2.58 bits per heavy atom. The topological polar surface area (TPSA) is 105 Å². The van der Waals surface area contributed by atoms with Crippen LogP contribution in [0.15, 0.2) is 48.6 Å². The van der Waals surface area contributed by atoms with E-state index in [2.05, 4.69) is 29.5 Å². The number of carbonyl (C=O) groups is 2. The molecule has 6 atom stereocenters. The molecule has 2 bridgehead atoms. The van der Waals surface area contributed by atoms with Crippen LogP contribution in [0.25, 0.3) is 0 Å². The van der Waals surface area contributed by atoms with Crippen molar-refractivity contribution in [2.45, 2.75) is 96.7 Å². The maximum atomic E-state index is 13.5. The summed E-state index contributed by atoms with van der Waals surface area (Å²) >= 11 is 6.37. The number of nitrogens with zero attached hydrogens (tertiary/aromatic N) is 2. The van der Waals surface area contributed by atoms with Crippen molar-refractivity contribution in [2.75, 3.05) is 32.1 Å². The van der Waals surface area contributed by atoms with Crippen molar-refractivity contribution in [3.05, 3.63) is 70.3 Å². The summed E-state index contributed by atoms with van der Waals surface area (Å²) in [5.41, 5.74) is 3.25. The molecule has 2 aromatic rings. The van der Waals surface area contributed by atoms with E-state index in [1.54, 1.807) is 44.1 Å². The van der Waals surface area contributed by atoms with Crippen LogP contribution in [0, 0.1) is 23.7 Å². The SMILES string of the molecule is CC(C)C[C@@H](O[C@H]1/C=C/C[C@H](C)[C@@H](C)S(=O)(=O)NC(=O)c2ccc3c(c2)N(CCCCc2cc(Cl)ccc2CO3)C[C@@H]2CC[C@H]21)C(=O)N(C)C. The van der Waals surface area contributed by atoms with Gasteiger partial charge in [0.25, 0.3) is 11.8 Å². The fraction of sp³-hybridized carbons (Fsp3) is 0.590. The Morgan fingerprint density at radius 2 is 1.88 bits per heavy atom. The first kappa shape index (κ1) is 38.2. The van der Waals surface area contributed by atoms with E-state index in [-0.39, 0.29) is 41.2 Å². The van der Waals surface area contributed by atoms with Crippen LogP contribution in [0.1, 0.15) is 87.7 Å². The Morgan fingerprint density at radius 1 is 1.10 bits per heavy atom. The average molecular weight is 728 g/mol. The second kappa shape index (κ2) is 16.5. The van der Waals surface area contributed by atoms with Gasteiger partial charge in [-0.3, -0.25) is 9.59 Å². The molecule has 2 aromatic carbocycles. The number of sulfonamides is 1. The summed E-state index contributed by atoms with van der Waals surface area (Å²) in [5.74, 6) is 0.366. The van der Waals surface area contributed by atoms with Crippen LogP contribution >= 0.6 is 11.6 Å². The van der Waals surface area contributed by atoms with E-state index in [1.165, 1.54) is 0 Å². The highest BCUT2D eigenvalue weighted by Gasteiger charge is 2.40. The van der Waals surface area contributed by atoms with Crippen LogP contribution in [-0.2, 0) is 32.6 Å². The number of hydrogen-bond acceptors (Lipinski definition) is 7. The molecular weight excluding hydrogens is 674 g/mol. The molecule has 274 valence electrons. The zero-order valence-electron chi connectivity index (χ0n) is 30.4. The third-order valence-electron chi connectivity index (χ3n) is 10.7. The molecule has 0 unspecified atom stereocenters. The molecule has 11 heteroatoms. The van der Waals surface area contributed by atoms with E-state index in [0.29, 0.717) is 36.8 Å². The number of halogens is 1. The molecule has 2 amide bonds. The molecule has 2 heterocycles. The van der Waals surface area contributed by atoms with Gasteiger partial charge in [0.05, 0.1) is 17.0 Å². The van der Waals surface area contributed by atoms with Crippen molar-refractivity contribution in [1.82, 2.24) is 9.62 Å². The van der Waals surface area contributed by atoms with Crippen molar-refractivity contribution in [3.8, 4) is 5.75 Å². The predicted octanol–water partition coefficient (Wildman–Crippen LogP) is 7.02. The van der Waals surface area contributed by atoms with E-state index in [4.69, 9.17) is 21.1 Å². The van der Waals surface area contributed by atoms with Gasteiger partial charge in [0, 0.05) is 37.8 Å². The molecule has 1 aliphatic carbocycles. The van der Waals surface area contributed by atoms with Gasteiger partial charge >= 0.3 is 0 Å². The third-order valence-corrected chi connectivity index (χ3v) is 12.8. The predicted molar refractivity (Wildman–Crippen MR) is 199 cm³/mol. The highest BCUT2D eigenvalue weighted by molar-refractivity contribution is 7.90. The van der Waals surface area contributed by atoms with Gasteiger partial charge in [0.1, 0.15) is 18.5 Å². The Kier molecular flexibility index (Phi) is 12.6. The number of anilines is 1. The second-order valence-corrected chi connectivity index (χ2v) is 17.5. The van der Waals surface area contributed by atoms with Gasteiger partial charge in [-0.1, -0.05) is 50.6 Å². The van der Waals surface area contributed by atoms with Crippen molar-refractivity contribution >= 4 is 39.1 Å². The summed E-state index contributed by atoms with van der Waals surface area (Å²) in [6, 6.07) is 11.1. The minimum Gasteiger partial charge on any atom is -0.487 e. The van der Waals surface area contributed by atoms with Crippen LogP contribution in [0.5, 0.6) is 5.75 Å². The number of amides is 2. The number of nitrogens with one attached hydrogen (secondary N) is 1. The number of fused-ring (bicyclic) bond motifs is 3. The van der Waals surface area contributed by atoms with E-state index >= 15 is 0 Å². The molecule has 9 nitrogen and oxygen atoms in total. The Hall–Kier alpha value is -3.08. The van der Waals surface area contributed by atoms with Crippen LogP contribution in [-0.4, -0.2) is 69.8 Å². The summed E-state index contributed by atoms with van der Waals surface area (Å²) in [6.45, 7) is 9.48. The molecule has 0 aromatic heterocycles. The van der Waals surface area contributed by atoms with E-state index < -0.39 is 27.3 Å². The number of aryl methyl sites for hydroxylation is 1. The third kappa shape index (κ3) is 9.22. The van der Waals surface area contributed by atoms with Crippen LogP contribution < -0.4 is 14.4 Å². The number of allylic oxidation sites excluding steroid dienone is 1. The number of ether oxygens (including phenoxy) is 2. The van der Waals surface area contributed by atoms with Gasteiger partial charge in [-0.15, -0.1) is 0 Å². The van der Waals surface area contributed by atoms with E-state index in [0.717, 1.165) is 55.5 Å². The maximum Gasteiger partial charge on any atom is 0.264 e. The Bertz CT molecular complexity index is 1660. The highest BCUT2D eigenvalue weighted by Crippen LogP contribution is 2.42. The van der Waals surface area contributed by atoms with Gasteiger partial charge in [0.15, 0.2) is 0 Å². The first-order valence-corrected chi connectivity index (χ1v) is 20.0. The minimum absolute atomic E-state index is 0.0491. The molecule has 50 heavy (non-hydrogen) atoms. The zero-order valence-corrected chi connectivity index (χ0v) is 31.9. The first-order valence-electron chi connectivity index (χ1n) is 18.1. The molecule has 0 radical (unpaired) electrons. The highest BCUT2D eigenvalue weighted by atomic mass is 35.5. The van der Waals surface area contributed by atoms with E-state index in [9.17, 15) is 18.0 Å². The molecular formula is C39H54ClN3O6S. The molecule has 1 N–H and O–H groups in total.